The van der Waals surface area contributed by atoms with Crippen LogP contribution in [0.2, 0.25) is 0 Å². The number of methoxy groups -OCH3 is 1. The summed E-state index contributed by atoms with van der Waals surface area (Å²) in [7, 11) is 1.56. The second kappa shape index (κ2) is 9.78. The monoisotopic (exact) mass is 408 g/mol. The number of aryl methyl sites for hydroxylation is 1. The number of ether oxygens (including phenoxy) is 3. The Kier molecular flexibility index (Phi) is 6.91. The molecule has 6 nitrogen and oxygen atoms in total. The highest BCUT2D eigenvalue weighted by atomic mass is 16.5. The molecule has 156 valence electrons. The summed E-state index contributed by atoms with van der Waals surface area (Å²) in [4.78, 5) is 24.0. The minimum Gasteiger partial charge on any atom is -0.493 e. The van der Waals surface area contributed by atoms with Gasteiger partial charge < -0.3 is 18.6 Å². The first kappa shape index (κ1) is 21.2. The van der Waals surface area contributed by atoms with Gasteiger partial charge in [0.05, 0.1) is 13.7 Å². The zero-order chi connectivity index (χ0) is 21.5. The van der Waals surface area contributed by atoms with Crippen LogP contribution in [0.4, 0.5) is 0 Å². The van der Waals surface area contributed by atoms with Crippen LogP contribution in [0, 0.1) is 0 Å². The minimum atomic E-state index is -0.519. The summed E-state index contributed by atoms with van der Waals surface area (Å²) in [6.45, 7) is 4.43. The van der Waals surface area contributed by atoms with Crippen molar-refractivity contribution in [2.75, 3.05) is 13.7 Å². The Morgan fingerprint density at radius 1 is 1.07 bits per heavy atom. The van der Waals surface area contributed by atoms with Gasteiger partial charge in [-0.25, -0.2) is 9.59 Å². The van der Waals surface area contributed by atoms with E-state index in [1.54, 1.807) is 25.3 Å². The van der Waals surface area contributed by atoms with Gasteiger partial charge in [-0.15, -0.1) is 0 Å². The van der Waals surface area contributed by atoms with Gasteiger partial charge in [-0.2, -0.15) is 0 Å². The lowest BCUT2D eigenvalue weighted by Crippen LogP contribution is -2.05. The van der Waals surface area contributed by atoms with Crippen molar-refractivity contribution in [2.24, 2.45) is 0 Å². The Labute approximate surface area is 174 Å². The summed E-state index contributed by atoms with van der Waals surface area (Å²) < 4.78 is 21.4. The standard InChI is InChI=1S/C24H24O6/c1-4-16-6-9-19-18(14-24(26)30-21(19)12-16)15-29-23(25)11-8-17-7-10-20(28-5-2)22(13-17)27-3/h6-14H,4-5,15H2,1-3H3/b11-8+. The summed E-state index contributed by atoms with van der Waals surface area (Å²) in [5.74, 6) is 0.705. The Morgan fingerprint density at radius 2 is 1.90 bits per heavy atom. The number of carbonyl (C=O) groups is 1. The largest absolute Gasteiger partial charge is 0.493 e. The summed E-state index contributed by atoms with van der Waals surface area (Å²) >= 11 is 0. The van der Waals surface area contributed by atoms with Crippen molar-refractivity contribution in [3.05, 3.63) is 75.7 Å². The number of rotatable bonds is 8. The van der Waals surface area contributed by atoms with Crippen molar-refractivity contribution < 1.29 is 23.4 Å². The van der Waals surface area contributed by atoms with E-state index in [-0.39, 0.29) is 6.61 Å². The second-order valence-corrected chi connectivity index (χ2v) is 6.56. The Hall–Kier alpha value is -3.54. The van der Waals surface area contributed by atoms with E-state index < -0.39 is 11.6 Å². The van der Waals surface area contributed by atoms with Crippen molar-refractivity contribution >= 4 is 23.0 Å². The van der Waals surface area contributed by atoms with Crippen LogP contribution in [-0.2, 0) is 22.6 Å². The van der Waals surface area contributed by atoms with Gasteiger partial charge in [-0.1, -0.05) is 25.1 Å². The lowest BCUT2D eigenvalue weighted by atomic mass is 10.1. The maximum atomic E-state index is 12.2. The molecule has 0 aliphatic heterocycles. The predicted molar refractivity (Wildman–Crippen MR) is 115 cm³/mol. The molecule has 1 aromatic heterocycles. The molecular formula is C24H24O6. The molecular weight excluding hydrogens is 384 g/mol. The summed E-state index contributed by atoms with van der Waals surface area (Å²) in [5.41, 5.74) is 2.45. The summed E-state index contributed by atoms with van der Waals surface area (Å²) in [5, 5.41) is 0.750. The van der Waals surface area contributed by atoms with Gasteiger partial charge in [0.25, 0.3) is 0 Å². The van der Waals surface area contributed by atoms with Crippen LogP contribution < -0.4 is 15.1 Å². The van der Waals surface area contributed by atoms with Gasteiger partial charge in [0, 0.05) is 23.1 Å². The maximum Gasteiger partial charge on any atom is 0.336 e. The van der Waals surface area contributed by atoms with Crippen LogP contribution in [0.5, 0.6) is 11.5 Å². The average Bonchev–Trinajstić information content (AvgIpc) is 2.76. The van der Waals surface area contributed by atoms with E-state index in [4.69, 9.17) is 18.6 Å². The molecule has 1 heterocycles. The smallest absolute Gasteiger partial charge is 0.336 e. The normalized spacial score (nSPS) is 11.0. The highest BCUT2D eigenvalue weighted by molar-refractivity contribution is 5.87. The minimum absolute atomic E-state index is 0.0245. The zero-order valence-electron chi connectivity index (χ0n) is 17.3. The molecule has 0 bridgehead atoms. The highest BCUT2D eigenvalue weighted by Gasteiger charge is 2.09. The van der Waals surface area contributed by atoms with E-state index in [9.17, 15) is 9.59 Å². The fraction of sp³-hybridized carbons (Fsp3) is 0.250. The van der Waals surface area contributed by atoms with Gasteiger partial charge in [-0.05, 0) is 48.7 Å². The molecule has 0 saturated carbocycles. The topological polar surface area (TPSA) is 75.0 Å². The quantitative estimate of drug-likeness (QED) is 0.310. The second-order valence-electron chi connectivity index (χ2n) is 6.56. The van der Waals surface area contributed by atoms with Crippen LogP contribution in [0.1, 0.15) is 30.5 Å². The lowest BCUT2D eigenvalue weighted by molar-refractivity contribution is -0.138. The van der Waals surface area contributed by atoms with E-state index in [0.29, 0.717) is 29.3 Å². The number of esters is 1. The van der Waals surface area contributed by atoms with Gasteiger partial charge >= 0.3 is 11.6 Å². The van der Waals surface area contributed by atoms with Crippen molar-refractivity contribution in [1.82, 2.24) is 0 Å². The first-order valence-corrected chi connectivity index (χ1v) is 9.75. The number of fused-ring (bicyclic) bond motifs is 1. The number of benzene rings is 2. The number of hydrogen-bond donors (Lipinski definition) is 0. The van der Waals surface area contributed by atoms with E-state index in [1.807, 2.05) is 38.1 Å². The molecule has 0 radical (unpaired) electrons. The van der Waals surface area contributed by atoms with Crippen molar-refractivity contribution in [2.45, 2.75) is 26.9 Å². The van der Waals surface area contributed by atoms with Gasteiger partial charge in [0.2, 0.25) is 0 Å². The van der Waals surface area contributed by atoms with E-state index in [1.165, 1.54) is 12.1 Å². The Bertz CT molecular complexity index is 1130. The fourth-order valence-electron chi connectivity index (χ4n) is 3.04. The fourth-order valence-corrected chi connectivity index (χ4v) is 3.04. The molecule has 0 amide bonds. The SMILES string of the molecule is CCOc1ccc(/C=C/C(=O)OCc2cc(=O)oc3cc(CC)ccc23)cc1OC. The van der Waals surface area contributed by atoms with E-state index >= 15 is 0 Å². The number of carbonyl (C=O) groups excluding carboxylic acids is 1. The van der Waals surface area contributed by atoms with Gasteiger partial charge in [0.15, 0.2) is 11.5 Å². The van der Waals surface area contributed by atoms with Crippen LogP contribution in [0.3, 0.4) is 0 Å². The molecule has 0 aliphatic carbocycles. The molecule has 0 fully saturated rings. The molecule has 0 saturated heterocycles. The molecule has 0 spiro atoms. The predicted octanol–water partition coefficient (Wildman–Crippen LogP) is 4.52. The van der Waals surface area contributed by atoms with Crippen LogP contribution in [0.25, 0.3) is 17.0 Å². The van der Waals surface area contributed by atoms with Crippen LogP contribution >= 0.6 is 0 Å². The number of hydrogen-bond acceptors (Lipinski definition) is 6. The molecule has 3 rings (SSSR count). The summed E-state index contributed by atoms with van der Waals surface area (Å²) in [6, 6.07) is 12.4. The van der Waals surface area contributed by atoms with Crippen molar-refractivity contribution in [3.63, 3.8) is 0 Å². The molecule has 3 aromatic rings. The van der Waals surface area contributed by atoms with Crippen molar-refractivity contribution in [1.29, 1.82) is 0 Å². The maximum absolute atomic E-state index is 12.2. The Balaban J connectivity index is 1.71. The molecule has 6 heteroatoms. The Morgan fingerprint density at radius 3 is 2.63 bits per heavy atom. The highest BCUT2D eigenvalue weighted by Crippen LogP contribution is 2.28. The third-order valence-corrected chi connectivity index (χ3v) is 4.57. The average molecular weight is 408 g/mol. The van der Waals surface area contributed by atoms with Crippen LogP contribution in [0.15, 0.2) is 57.8 Å². The van der Waals surface area contributed by atoms with Crippen LogP contribution in [-0.4, -0.2) is 19.7 Å². The molecule has 0 atom stereocenters. The molecule has 30 heavy (non-hydrogen) atoms. The molecule has 0 N–H and O–H groups in total. The third-order valence-electron chi connectivity index (χ3n) is 4.57. The van der Waals surface area contributed by atoms with E-state index in [2.05, 4.69) is 0 Å². The van der Waals surface area contributed by atoms with E-state index in [0.717, 1.165) is 22.9 Å². The van der Waals surface area contributed by atoms with Gasteiger partial charge in [-0.3, -0.25) is 0 Å². The lowest BCUT2D eigenvalue weighted by Gasteiger charge is -2.09. The summed E-state index contributed by atoms with van der Waals surface area (Å²) in [6.07, 6.45) is 3.80. The van der Waals surface area contributed by atoms with Gasteiger partial charge in [0.1, 0.15) is 12.2 Å². The first-order chi connectivity index (χ1) is 14.5. The van der Waals surface area contributed by atoms with Crippen molar-refractivity contribution in [3.8, 4) is 11.5 Å². The zero-order valence-corrected chi connectivity index (χ0v) is 17.3. The first-order valence-electron chi connectivity index (χ1n) is 9.75. The molecule has 0 aliphatic rings. The molecule has 0 unspecified atom stereocenters. The third kappa shape index (κ3) is 5.08. The molecule has 2 aromatic carbocycles.